The Bertz CT molecular complexity index is 887. The van der Waals surface area contributed by atoms with Crippen LogP contribution in [0.4, 0.5) is 0 Å². The highest BCUT2D eigenvalue weighted by molar-refractivity contribution is 5.90. The lowest BCUT2D eigenvalue weighted by atomic mass is 10.1. The molecular weight excluding hydrogens is 328 g/mol. The van der Waals surface area contributed by atoms with Gasteiger partial charge in [0.1, 0.15) is 19.8 Å². The molecule has 0 N–H and O–H groups in total. The van der Waals surface area contributed by atoms with Crippen molar-refractivity contribution in [3.05, 3.63) is 84.9 Å². The summed E-state index contributed by atoms with van der Waals surface area (Å²) in [6, 6.07) is 21.8. The Morgan fingerprint density at radius 2 is 1.65 bits per heavy atom. The lowest BCUT2D eigenvalue weighted by molar-refractivity contribution is -0.138. The van der Waals surface area contributed by atoms with Gasteiger partial charge < -0.3 is 14.2 Å². The van der Waals surface area contributed by atoms with Crippen molar-refractivity contribution in [2.24, 2.45) is 0 Å². The van der Waals surface area contributed by atoms with E-state index in [1.165, 1.54) is 0 Å². The molecule has 0 radical (unpaired) electrons. The fourth-order valence-electron chi connectivity index (χ4n) is 2.57. The maximum Gasteiger partial charge on any atom is 0.330 e. The van der Waals surface area contributed by atoms with Gasteiger partial charge in [-0.1, -0.05) is 67.2 Å². The average molecular weight is 348 g/mol. The Kier molecular flexibility index (Phi) is 5.88. The van der Waals surface area contributed by atoms with E-state index >= 15 is 0 Å². The van der Waals surface area contributed by atoms with E-state index in [0.717, 1.165) is 22.4 Å². The zero-order valence-electron chi connectivity index (χ0n) is 14.4. The third-order valence-electron chi connectivity index (χ3n) is 3.82. The zero-order valence-corrected chi connectivity index (χ0v) is 14.4. The molecule has 3 aromatic rings. The van der Waals surface area contributed by atoms with E-state index in [1.807, 2.05) is 66.7 Å². The molecule has 0 bridgehead atoms. The van der Waals surface area contributed by atoms with Crippen molar-refractivity contribution in [1.29, 1.82) is 0 Å². The minimum atomic E-state index is -0.465. The molecule has 132 valence electrons. The Labute approximate surface area is 152 Å². The lowest BCUT2D eigenvalue weighted by Crippen LogP contribution is -2.11. The van der Waals surface area contributed by atoms with Crippen molar-refractivity contribution in [3.8, 4) is 11.5 Å². The molecule has 0 spiro atoms. The van der Waals surface area contributed by atoms with Crippen molar-refractivity contribution in [1.82, 2.24) is 0 Å². The second-order valence-electron chi connectivity index (χ2n) is 5.61. The van der Waals surface area contributed by atoms with Crippen LogP contribution in [0.25, 0.3) is 10.8 Å². The molecule has 0 unspecified atom stereocenters. The van der Waals surface area contributed by atoms with Crippen LogP contribution in [-0.4, -0.2) is 19.2 Å². The molecule has 4 nitrogen and oxygen atoms in total. The molecule has 0 saturated carbocycles. The Hall–Kier alpha value is -3.27. The summed E-state index contributed by atoms with van der Waals surface area (Å²) in [4.78, 5) is 11.1. The van der Waals surface area contributed by atoms with Crippen LogP contribution in [0.2, 0.25) is 0 Å². The highest BCUT2D eigenvalue weighted by Gasteiger charge is 2.11. The SMILES string of the molecule is C=CC(=O)OCCOc1ccc2ccccc2c1OCc1ccccc1. The average Bonchev–Trinajstić information content (AvgIpc) is 2.70. The van der Waals surface area contributed by atoms with Gasteiger partial charge in [-0.15, -0.1) is 0 Å². The number of ether oxygens (including phenoxy) is 3. The van der Waals surface area contributed by atoms with Crippen molar-refractivity contribution < 1.29 is 19.0 Å². The molecule has 0 atom stereocenters. The van der Waals surface area contributed by atoms with Gasteiger partial charge in [0.15, 0.2) is 11.5 Å². The van der Waals surface area contributed by atoms with E-state index < -0.39 is 5.97 Å². The molecule has 0 aromatic heterocycles. The molecule has 0 aliphatic heterocycles. The first-order chi connectivity index (χ1) is 12.8. The summed E-state index contributed by atoms with van der Waals surface area (Å²) in [5.41, 5.74) is 1.08. The van der Waals surface area contributed by atoms with Gasteiger partial charge in [-0.3, -0.25) is 0 Å². The Morgan fingerprint density at radius 3 is 2.46 bits per heavy atom. The zero-order chi connectivity index (χ0) is 18.2. The van der Waals surface area contributed by atoms with Crippen LogP contribution in [0.5, 0.6) is 11.5 Å². The summed E-state index contributed by atoms with van der Waals surface area (Å²) < 4.78 is 16.8. The van der Waals surface area contributed by atoms with E-state index in [0.29, 0.717) is 18.1 Å². The molecule has 26 heavy (non-hydrogen) atoms. The second kappa shape index (κ2) is 8.72. The maximum atomic E-state index is 11.1. The fraction of sp³-hybridized carbons (Fsp3) is 0.136. The summed E-state index contributed by atoms with van der Waals surface area (Å²) in [5.74, 6) is 0.837. The largest absolute Gasteiger partial charge is 0.486 e. The van der Waals surface area contributed by atoms with Gasteiger partial charge in [-0.25, -0.2) is 4.79 Å². The summed E-state index contributed by atoms with van der Waals surface area (Å²) in [5, 5.41) is 2.05. The van der Waals surface area contributed by atoms with E-state index in [1.54, 1.807) is 0 Å². The fourth-order valence-corrected chi connectivity index (χ4v) is 2.57. The van der Waals surface area contributed by atoms with Crippen LogP contribution >= 0.6 is 0 Å². The number of hydrogen-bond acceptors (Lipinski definition) is 4. The predicted octanol–water partition coefficient (Wildman–Crippen LogP) is 4.53. The summed E-state index contributed by atoms with van der Waals surface area (Å²) in [6.07, 6.45) is 1.13. The first-order valence-electron chi connectivity index (χ1n) is 8.38. The van der Waals surface area contributed by atoms with Gasteiger partial charge >= 0.3 is 5.97 Å². The number of hydrogen-bond donors (Lipinski definition) is 0. The van der Waals surface area contributed by atoms with Crippen molar-refractivity contribution in [2.75, 3.05) is 13.2 Å². The normalized spacial score (nSPS) is 10.3. The highest BCUT2D eigenvalue weighted by atomic mass is 16.6. The summed E-state index contributed by atoms with van der Waals surface area (Å²) in [7, 11) is 0. The number of esters is 1. The Balaban J connectivity index is 1.78. The van der Waals surface area contributed by atoms with E-state index in [9.17, 15) is 4.79 Å². The molecule has 0 fully saturated rings. The van der Waals surface area contributed by atoms with Gasteiger partial charge in [0.05, 0.1) is 0 Å². The molecule has 4 heteroatoms. The number of fused-ring (bicyclic) bond motifs is 1. The standard InChI is InChI=1S/C22H20O4/c1-2-21(23)25-15-14-24-20-13-12-18-10-6-7-11-19(18)22(20)26-16-17-8-4-3-5-9-17/h2-13H,1,14-16H2. The van der Waals surface area contributed by atoms with Gasteiger partial charge in [-0.05, 0) is 17.0 Å². The van der Waals surface area contributed by atoms with Crippen LogP contribution in [0.15, 0.2) is 79.4 Å². The number of rotatable bonds is 8. The van der Waals surface area contributed by atoms with Gasteiger partial charge in [0, 0.05) is 11.5 Å². The molecule has 0 amide bonds. The molecule has 3 aromatic carbocycles. The molecule has 3 rings (SSSR count). The minimum absolute atomic E-state index is 0.149. The third-order valence-corrected chi connectivity index (χ3v) is 3.82. The van der Waals surface area contributed by atoms with Crippen LogP contribution in [0.1, 0.15) is 5.56 Å². The predicted molar refractivity (Wildman–Crippen MR) is 101 cm³/mol. The third kappa shape index (κ3) is 4.42. The number of benzene rings is 3. The van der Waals surface area contributed by atoms with Gasteiger partial charge in [-0.2, -0.15) is 0 Å². The second-order valence-corrected chi connectivity index (χ2v) is 5.61. The van der Waals surface area contributed by atoms with Gasteiger partial charge in [0.2, 0.25) is 0 Å². The smallest absolute Gasteiger partial charge is 0.330 e. The topological polar surface area (TPSA) is 44.8 Å². The molecular formula is C22H20O4. The number of carbonyl (C=O) groups is 1. The van der Waals surface area contributed by atoms with E-state index in [4.69, 9.17) is 14.2 Å². The van der Waals surface area contributed by atoms with Crippen molar-refractivity contribution in [2.45, 2.75) is 6.61 Å². The van der Waals surface area contributed by atoms with Crippen LogP contribution in [-0.2, 0) is 16.1 Å². The number of carbonyl (C=O) groups excluding carboxylic acids is 1. The van der Waals surface area contributed by atoms with Gasteiger partial charge in [0.25, 0.3) is 0 Å². The van der Waals surface area contributed by atoms with Crippen LogP contribution in [0.3, 0.4) is 0 Å². The van der Waals surface area contributed by atoms with Crippen molar-refractivity contribution >= 4 is 16.7 Å². The maximum absolute atomic E-state index is 11.1. The molecule has 0 saturated heterocycles. The quantitative estimate of drug-likeness (QED) is 0.341. The first-order valence-corrected chi connectivity index (χ1v) is 8.38. The first kappa shape index (κ1) is 17.5. The van der Waals surface area contributed by atoms with Crippen LogP contribution < -0.4 is 9.47 Å². The summed E-state index contributed by atoms with van der Waals surface area (Å²) >= 11 is 0. The summed E-state index contributed by atoms with van der Waals surface area (Å²) in [6.45, 7) is 4.19. The highest BCUT2D eigenvalue weighted by Crippen LogP contribution is 2.36. The lowest BCUT2D eigenvalue weighted by Gasteiger charge is -2.15. The van der Waals surface area contributed by atoms with E-state index in [-0.39, 0.29) is 13.2 Å². The molecule has 0 heterocycles. The monoisotopic (exact) mass is 348 g/mol. The van der Waals surface area contributed by atoms with E-state index in [2.05, 4.69) is 6.58 Å². The minimum Gasteiger partial charge on any atom is -0.486 e. The molecule has 0 aliphatic carbocycles. The van der Waals surface area contributed by atoms with Crippen LogP contribution in [0, 0.1) is 0 Å². The Morgan fingerprint density at radius 1 is 0.885 bits per heavy atom. The van der Waals surface area contributed by atoms with Crippen molar-refractivity contribution in [3.63, 3.8) is 0 Å². The molecule has 0 aliphatic rings.